The van der Waals surface area contributed by atoms with Crippen molar-refractivity contribution in [3.63, 3.8) is 0 Å². The smallest absolute Gasteiger partial charge is 0.162 e. The summed E-state index contributed by atoms with van der Waals surface area (Å²) in [7, 11) is 0. The van der Waals surface area contributed by atoms with Gasteiger partial charge in [-0.3, -0.25) is 4.57 Å². The quantitative estimate of drug-likeness (QED) is 0.181. The Morgan fingerprint density at radius 2 is 1.08 bits per heavy atom. The monoisotopic (exact) mass is 690 g/mol. The van der Waals surface area contributed by atoms with Crippen LogP contribution >= 0.6 is 11.3 Å². The highest BCUT2D eigenvalue weighted by molar-refractivity contribution is 7.26. The van der Waals surface area contributed by atoms with Crippen LogP contribution in [0.15, 0.2) is 158 Å². The van der Waals surface area contributed by atoms with E-state index >= 15 is 0 Å². The molecule has 13 rings (SSSR count). The standard InChI is InChI=1S/C48H26N4S/c1-2-12-28-23-31(22-21-27(28)11-1)47-49-43-34-17-7-10-20-41(34)53-46(43)48(50-47)52-40-25-30-14-4-3-13-29(30)24-35(40)37-26-36-32-15-5-8-18-38(32)51-39-19-9-6-16-33(39)42(44(36)51)45(37)52/h1-26H. The van der Waals surface area contributed by atoms with Gasteiger partial charge in [-0.25, -0.2) is 9.97 Å². The van der Waals surface area contributed by atoms with E-state index in [0.717, 1.165) is 38.3 Å². The molecule has 0 saturated heterocycles. The van der Waals surface area contributed by atoms with Crippen LogP contribution in [0.4, 0.5) is 0 Å². The van der Waals surface area contributed by atoms with Gasteiger partial charge in [-0.2, -0.15) is 0 Å². The normalized spacial score (nSPS) is 12.5. The molecule has 0 fully saturated rings. The van der Waals surface area contributed by atoms with Crippen molar-refractivity contribution in [3.05, 3.63) is 158 Å². The fourth-order valence-corrected chi connectivity index (χ4v) is 10.2. The first-order chi connectivity index (χ1) is 26.3. The molecule has 0 bridgehead atoms. The van der Waals surface area contributed by atoms with E-state index in [9.17, 15) is 0 Å². The third-order valence-electron chi connectivity index (χ3n) is 11.4. The van der Waals surface area contributed by atoms with Crippen LogP contribution < -0.4 is 0 Å². The SMILES string of the molecule is c1ccc2cc(-c3nc(-n4c5cc6ccccc6cc5c5cc6c7ccccc7n7c8ccccc8c(c54)c67)c4sc5ccccc5c4n3)ccc2c1. The number of fused-ring (bicyclic) bond motifs is 15. The molecule has 0 saturated carbocycles. The molecule has 0 radical (unpaired) electrons. The zero-order valence-electron chi connectivity index (χ0n) is 28.2. The summed E-state index contributed by atoms with van der Waals surface area (Å²) in [5, 5.41) is 13.5. The molecule has 13 aromatic rings. The van der Waals surface area contributed by atoms with Crippen LogP contribution in [0, 0.1) is 0 Å². The molecule has 0 unspecified atom stereocenters. The highest BCUT2D eigenvalue weighted by Crippen LogP contribution is 2.48. The number of thiophene rings is 1. The van der Waals surface area contributed by atoms with Crippen LogP contribution in [0.1, 0.15) is 0 Å². The lowest BCUT2D eigenvalue weighted by Gasteiger charge is -2.12. The van der Waals surface area contributed by atoms with Gasteiger partial charge in [-0.15, -0.1) is 11.3 Å². The van der Waals surface area contributed by atoms with Gasteiger partial charge >= 0.3 is 0 Å². The molecule has 0 amide bonds. The van der Waals surface area contributed by atoms with Gasteiger partial charge in [0.1, 0.15) is 0 Å². The summed E-state index contributed by atoms with van der Waals surface area (Å²) in [5.41, 5.74) is 8.02. The van der Waals surface area contributed by atoms with Gasteiger partial charge < -0.3 is 4.40 Å². The molecular weight excluding hydrogens is 665 g/mol. The fraction of sp³-hybridized carbons (Fsp3) is 0. The van der Waals surface area contributed by atoms with Crippen molar-refractivity contribution in [3.8, 4) is 17.2 Å². The topological polar surface area (TPSA) is 35.1 Å². The summed E-state index contributed by atoms with van der Waals surface area (Å²) in [6.45, 7) is 0. The van der Waals surface area contributed by atoms with Gasteiger partial charge in [0.2, 0.25) is 0 Å². The number of nitrogens with zero attached hydrogens (tertiary/aromatic N) is 4. The Labute approximate surface area is 305 Å². The van der Waals surface area contributed by atoms with Crippen LogP contribution in [0.25, 0.3) is 119 Å². The maximum Gasteiger partial charge on any atom is 0.162 e. The molecule has 0 N–H and O–H groups in total. The molecule has 244 valence electrons. The second-order valence-electron chi connectivity index (χ2n) is 14.2. The average Bonchev–Trinajstić information content (AvgIpc) is 3.95. The lowest BCUT2D eigenvalue weighted by Crippen LogP contribution is -2.02. The molecule has 0 aliphatic heterocycles. The predicted octanol–water partition coefficient (Wildman–Crippen LogP) is 13.1. The first-order valence-corrected chi connectivity index (χ1v) is 18.8. The molecule has 8 aromatic carbocycles. The van der Waals surface area contributed by atoms with E-state index in [2.05, 4.69) is 167 Å². The maximum absolute atomic E-state index is 5.62. The lowest BCUT2D eigenvalue weighted by atomic mass is 10.0. The molecule has 4 nitrogen and oxygen atoms in total. The third-order valence-corrected chi connectivity index (χ3v) is 12.5. The summed E-state index contributed by atoms with van der Waals surface area (Å²) in [6.07, 6.45) is 0. The Kier molecular flexibility index (Phi) is 5.22. The van der Waals surface area contributed by atoms with Gasteiger partial charge in [0, 0.05) is 48.0 Å². The summed E-state index contributed by atoms with van der Waals surface area (Å²) < 4.78 is 7.24. The lowest BCUT2D eigenvalue weighted by molar-refractivity contribution is 1.09. The number of rotatable bonds is 2. The van der Waals surface area contributed by atoms with Crippen LogP contribution in [0.5, 0.6) is 0 Å². The minimum absolute atomic E-state index is 0.726. The van der Waals surface area contributed by atoms with Crippen molar-refractivity contribution in [2.75, 3.05) is 0 Å². The number of hydrogen-bond acceptors (Lipinski definition) is 3. The molecule has 0 atom stereocenters. The highest BCUT2D eigenvalue weighted by atomic mass is 32.1. The molecule has 0 spiro atoms. The summed E-state index contributed by atoms with van der Waals surface area (Å²) in [4.78, 5) is 11.0. The van der Waals surface area contributed by atoms with Crippen molar-refractivity contribution in [2.45, 2.75) is 0 Å². The highest BCUT2D eigenvalue weighted by Gasteiger charge is 2.27. The molecule has 53 heavy (non-hydrogen) atoms. The van der Waals surface area contributed by atoms with Crippen LogP contribution in [-0.4, -0.2) is 18.9 Å². The minimum atomic E-state index is 0.726. The van der Waals surface area contributed by atoms with E-state index in [0.29, 0.717) is 0 Å². The summed E-state index contributed by atoms with van der Waals surface area (Å²) in [5.74, 6) is 1.64. The molecule has 0 aliphatic rings. The minimum Gasteiger partial charge on any atom is -0.308 e. The van der Waals surface area contributed by atoms with Gasteiger partial charge in [0.15, 0.2) is 11.6 Å². The molecule has 5 heterocycles. The van der Waals surface area contributed by atoms with E-state index in [-0.39, 0.29) is 0 Å². The largest absolute Gasteiger partial charge is 0.308 e. The van der Waals surface area contributed by atoms with Crippen molar-refractivity contribution in [1.82, 2.24) is 18.9 Å². The number of para-hydroxylation sites is 2. The first-order valence-electron chi connectivity index (χ1n) is 18.0. The van der Waals surface area contributed by atoms with Crippen LogP contribution in [0.2, 0.25) is 0 Å². The van der Waals surface area contributed by atoms with E-state index in [1.54, 1.807) is 11.3 Å². The molecule has 5 aromatic heterocycles. The Balaban J connectivity index is 1.29. The second-order valence-corrected chi connectivity index (χ2v) is 15.2. The number of benzene rings is 8. The number of aromatic nitrogens is 4. The Bertz CT molecular complexity index is 3700. The van der Waals surface area contributed by atoms with E-state index < -0.39 is 0 Å². The summed E-state index contributed by atoms with van der Waals surface area (Å²) in [6, 6.07) is 57.4. The van der Waals surface area contributed by atoms with Gasteiger partial charge in [0.25, 0.3) is 0 Å². The maximum atomic E-state index is 5.62. The predicted molar refractivity (Wildman–Crippen MR) is 224 cm³/mol. The van der Waals surface area contributed by atoms with Crippen molar-refractivity contribution < 1.29 is 0 Å². The average molecular weight is 691 g/mol. The first kappa shape index (κ1) is 27.8. The molecule has 0 aliphatic carbocycles. The third kappa shape index (κ3) is 3.59. The molecular formula is C48H26N4S. The summed E-state index contributed by atoms with van der Waals surface area (Å²) >= 11 is 1.78. The van der Waals surface area contributed by atoms with E-state index in [1.807, 2.05) is 0 Å². The van der Waals surface area contributed by atoms with Crippen molar-refractivity contribution in [1.29, 1.82) is 0 Å². The van der Waals surface area contributed by atoms with Crippen molar-refractivity contribution in [2.24, 2.45) is 0 Å². The van der Waals surface area contributed by atoms with Gasteiger partial charge in [0.05, 0.1) is 37.8 Å². The zero-order chi connectivity index (χ0) is 34.4. The Morgan fingerprint density at radius 1 is 0.434 bits per heavy atom. The molecule has 5 heteroatoms. The van der Waals surface area contributed by atoms with Crippen molar-refractivity contribution >= 4 is 113 Å². The Hall–Kier alpha value is -6.82. The number of hydrogen-bond donors (Lipinski definition) is 0. The van der Waals surface area contributed by atoms with E-state index in [1.165, 1.54) is 80.6 Å². The second kappa shape index (κ2) is 9.94. The zero-order valence-corrected chi connectivity index (χ0v) is 29.0. The van der Waals surface area contributed by atoms with Crippen LogP contribution in [-0.2, 0) is 0 Å². The Morgan fingerprint density at radius 3 is 1.91 bits per heavy atom. The van der Waals surface area contributed by atoms with Gasteiger partial charge in [-0.05, 0) is 64.0 Å². The van der Waals surface area contributed by atoms with Gasteiger partial charge in [-0.1, -0.05) is 115 Å². The fourth-order valence-electron chi connectivity index (χ4n) is 9.09. The van der Waals surface area contributed by atoms with E-state index in [4.69, 9.17) is 9.97 Å². The van der Waals surface area contributed by atoms with Crippen LogP contribution in [0.3, 0.4) is 0 Å².